The van der Waals surface area contributed by atoms with E-state index < -0.39 is 18.4 Å². The molecule has 2 atom stereocenters. The van der Waals surface area contributed by atoms with E-state index in [0.717, 1.165) is 38.5 Å². The van der Waals surface area contributed by atoms with E-state index in [1.54, 1.807) is 0 Å². The highest BCUT2D eigenvalue weighted by Gasteiger charge is 2.25. The highest BCUT2D eigenvalue weighted by atomic mass is 16.7. The molecule has 1 N–H and O–H groups in total. The van der Waals surface area contributed by atoms with Crippen LogP contribution in [0.5, 0.6) is 0 Å². The van der Waals surface area contributed by atoms with E-state index in [9.17, 15) is 19.5 Å². The van der Waals surface area contributed by atoms with Gasteiger partial charge in [-0.15, -0.1) is 0 Å². The third-order valence-electron chi connectivity index (χ3n) is 11.6. The summed E-state index contributed by atoms with van der Waals surface area (Å²) in [5.41, 5.74) is 0. The largest absolute Gasteiger partial charge is 0.477 e. The van der Waals surface area contributed by atoms with Gasteiger partial charge in [-0.05, 0) is 12.8 Å². The van der Waals surface area contributed by atoms with Crippen LogP contribution in [0.1, 0.15) is 251 Å². The Bertz CT molecular complexity index is 954. The number of carboxylic acid groups (broad SMARTS) is 1. The average molecular weight is 855 g/mol. The molecular weight excluding hydrogens is 755 g/mol. The number of quaternary nitrogens is 1. The van der Waals surface area contributed by atoms with Crippen LogP contribution in [-0.2, 0) is 33.3 Å². The zero-order valence-corrected chi connectivity index (χ0v) is 40.4. The molecule has 0 fully saturated rings. The lowest BCUT2D eigenvalue weighted by atomic mass is 10.0. The van der Waals surface area contributed by atoms with Gasteiger partial charge in [-0.25, -0.2) is 4.79 Å². The number of nitrogens with zero attached hydrogens (tertiary/aromatic N) is 1. The van der Waals surface area contributed by atoms with Crippen LogP contribution in [0.3, 0.4) is 0 Å². The van der Waals surface area contributed by atoms with Crippen molar-refractivity contribution in [1.82, 2.24) is 0 Å². The minimum atomic E-state index is -1.50. The molecule has 0 amide bonds. The topological polar surface area (TPSA) is 108 Å². The fourth-order valence-corrected chi connectivity index (χ4v) is 7.60. The molecule has 9 nitrogen and oxygen atoms in total. The molecule has 0 heterocycles. The van der Waals surface area contributed by atoms with Crippen molar-refractivity contribution in [1.29, 1.82) is 0 Å². The molecule has 356 valence electrons. The van der Waals surface area contributed by atoms with Crippen LogP contribution in [0.4, 0.5) is 0 Å². The number of esters is 2. The second kappa shape index (κ2) is 43.9. The van der Waals surface area contributed by atoms with Crippen molar-refractivity contribution in [3.05, 3.63) is 0 Å². The van der Waals surface area contributed by atoms with Crippen LogP contribution in [0.25, 0.3) is 0 Å². The first-order valence-corrected chi connectivity index (χ1v) is 25.7. The second-order valence-electron chi connectivity index (χ2n) is 18.9. The van der Waals surface area contributed by atoms with Gasteiger partial charge in [0.2, 0.25) is 0 Å². The molecule has 0 radical (unpaired) electrons. The van der Waals surface area contributed by atoms with Gasteiger partial charge in [0.1, 0.15) is 13.2 Å². The van der Waals surface area contributed by atoms with E-state index in [1.165, 1.54) is 186 Å². The van der Waals surface area contributed by atoms with Crippen LogP contribution < -0.4 is 0 Å². The maximum Gasteiger partial charge on any atom is 0.361 e. The molecule has 2 unspecified atom stereocenters. The molecule has 0 bridgehead atoms. The molecule has 0 saturated heterocycles. The summed E-state index contributed by atoms with van der Waals surface area (Å²) >= 11 is 0. The van der Waals surface area contributed by atoms with Crippen molar-refractivity contribution < 1.29 is 42.9 Å². The Labute approximate surface area is 371 Å². The predicted molar refractivity (Wildman–Crippen MR) is 249 cm³/mol. The molecule has 0 aliphatic heterocycles. The lowest BCUT2D eigenvalue weighted by Crippen LogP contribution is -2.40. The minimum Gasteiger partial charge on any atom is -0.477 e. The van der Waals surface area contributed by atoms with Crippen LogP contribution >= 0.6 is 0 Å². The summed E-state index contributed by atoms with van der Waals surface area (Å²) in [5, 5.41) is 9.66. The highest BCUT2D eigenvalue weighted by Crippen LogP contribution is 2.17. The molecule has 0 rings (SSSR count). The molecule has 9 heteroatoms. The summed E-state index contributed by atoms with van der Waals surface area (Å²) in [5.74, 6) is -1.98. The highest BCUT2D eigenvalue weighted by molar-refractivity contribution is 5.71. The molecule has 0 aromatic heterocycles. The van der Waals surface area contributed by atoms with Gasteiger partial charge in [0.25, 0.3) is 6.29 Å². The summed E-state index contributed by atoms with van der Waals surface area (Å²) in [6, 6.07) is 0. The fraction of sp³-hybridized carbons (Fsp3) is 0.941. The number of carbonyl (C=O) groups excluding carboxylic acids is 2. The number of hydrogen-bond acceptors (Lipinski definition) is 7. The lowest BCUT2D eigenvalue weighted by molar-refractivity contribution is -0.870. The Kier molecular flexibility index (Phi) is 42.7. The summed E-state index contributed by atoms with van der Waals surface area (Å²) in [6.07, 6.45) is 43.0. The first kappa shape index (κ1) is 58.3. The van der Waals surface area contributed by atoms with Crippen molar-refractivity contribution in [3.63, 3.8) is 0 Å². The smallest absolute Gasteiger partial charge is 0.361 e. The van der Waals surface area contributed by atoms with Crippen molar-refractivity contribution in [2.45, 2.75) is 264 Å². The Balaban J connectivity index is 4.28. The van der Waals surface area contributed by atoms with Gasteiger partial charge < -0.3 is 28.5 Å². The number of ether oxygens (including phenoxy) is 4. The maximum absolute atomic E-state index is 12.8. The Morgan fingerprint density at radius 3 is 1.07 bits per heavy atom. The van der Waals surface area contributed by atoms with E-state index in [4.69, 9.17) is 18.9 Å². The van der Waals surface area contributed by atoms with Gasteiger partial charge in [-0.2, -0.15) is 0 Å². The van der Waals surface area contributed by atoms with Gasteiger partial charge in [0.15, 0.2) is 6.10 Å². The number of likely N-dealkylation sites (N-methyl/N-ethyl adjacent to an activating group) is 1. The SMILES string of the molecule is CCCCCCCCCCCCCCCCCCCCCCC(=O)OC(COC(=O)CCCCCCCCCCCCCCCCC)COC(OCC[N+](C)(C)C)C(=O)O. The maximum atomic E-state index is 12.8. The molecule has 0 aliphatic rings. The predicted octanol–water partition coefficient (Wildman–Crippen LogP) is 14.1. The quantitative estimate of drug-likeness (QED) is 0.0279. The van der Waals surface area contributed by atoms with Crippen molar-refractivity contribution in [3.8, 4) is 0 Å². The zero-order chi connectivity index (χ0) is 44.2. The molecule has 0 aromatic rings. The van der Waals surface area contributed by atoms with Crippen LogP contribution in [-0.4, -0.2) is 87.4 Å². The van der Waals surface area contributed by atoms with Crippen LogP contribution in [0.2, 0.25) is 0 Å². The average Bonchev–Trinajstić information content (AvgIpc) is 3.21. The number of aliphatic carboxylic acids is 1. The van der Waals surface area contributed by atoms with E-state index in [0.29, 0.717) is 17.4 Å². The monoisotopic (exact) mass is 855 g/mol. The van der Waals surface area contributed by atoms with E-state index in [-0.39, 0.29) is 38.2 Å². The van der Waals surface area contributed by atoms with Gasteiger partial charge in [-0.3, -0.25) is 9.59 Å². The van der Waals surface area contributed by atoms with Crippen molar-refractivity contribution >= 4 is 17.9 Å². The van der Waals surface area contributed by atoms with E-state index in [1.807, 2.05) is 21.1 Å². The summed E-state index contributed by atoms with van der Waals surface area (Å²) in [6.45, 7) is 4.93. The zero-order valence-electron chi connectivity index (χ0n) is 40.4. The van der Waals surface area contributed by atoms with Crippen LogP contribution in [0.15, 0.2) is 0 Å². The molecule has 0 aliphatic carbocycles. The molecule has 0 aromatic carbocycles. The number of carboxylic acids is 1. The Morgan fingerprint density at radius 1 is 0.433 bits per heavy atom. The van der Waals surface area contributed by atoms with E-state index >= 15 is 0 Å². The van der Waals surface area contributed by atoms with Gasteiger partial charge >= 0.3 is 17.9 Å². The number of rotatable bonds is 48. The van der Waals surface area contributed by atoms with Gasteiger partial charge in [0, 0.05) is 12.8 Å². The Morgan fingerprint density at radius 2 is 0.750 bits per heavy atom. The first-order valence-electron chi connectivity index (χ1n) is 25.7. The molecule has 0 saturated carbocycles. The number of carbonyl (C=O) groups is 3. The molecular formula is C51H100NO8+. The van der Waals surface area contributed by atoms with E-state index in [2.05, 4.69) is 13.8 Å². The summed E-state index contributed by atoms with van der Waals surface area (Å²) in [7, 11) is 5.97. The standard InChI is InChI=1S/C51H99NO8/c1-6-8-10-12-14-16-18-20-22-23-24-25-26-28-30-32-34-36-38-40-42-49(54)60-47(46-59-51(50(55)56)57-44-43-52(3,4)5)45-58-48(53)41-39-37-35-33-31-29-27-21-19-17-15-13-11-9-7-2/h47,51H,6-46H2,1-5H3/p+1. The summed E-state index contributed by atoms with van der Waals surface area (Å²) in [4.78, 5) is 37.2. The molecule has 60 heavy (non-hydrogen) atoms. The summed E-state index contributed by atoms with van der Waals surface area (Å²) < 4.78 is 22.8. The van der Waals surface area contributed by atoms with Crippen molar-refractivity contribution in [2.75, 3.05) is 47.5 Å². The van der Waals surface area contributed by atoms with Crippen molar-refractivity contribution in [2.24, 2.45) is 0 Å². The fourth-order valence-electron chi connectivity index (χ4n) is 7.60. The van der Waals surface area contributed by atoms with Gasteiger partial charge in [0.05, 0.1) is 34.4 Å². The lowest BCUT2D eigenvalue weighted by Gasteiger charge is -2.25. The minimum absolute atomic E-state index is 0.173. The third kappa shape index (κ3) is 44.3. The van der Waals surface area contributed by atoms with Gasteiger partial charge in [-0.1, -0.05) is 226 Å². The third-order valence-corrected chi connectivity index (χ3v) is 11.6. The normalized spacial score (nSPS) is 12.8. The first-order chi connectivity index (χ1) is 29.1. The second-order valence-corrected chi connectivity index (χ2v) is 18.9. The Hall–Kier alpha value is -1.71. The molecule has 0 spiro atoms. The number of hydrogen-bond donors (Lipinski definition) is 1. The number of unbranched alkanes of at least 4 members (excludes halogenated alkanes) is 33. The van der Waals surface area contributed by atoms with Crippen LogP contribution in [0, 0.1) is 0 Å².